The number of nitrogens with one attached hydrogen (secondary N) is 1. The van der Waals surface area contributed by atoms with Gasteiger partial charge in [0.25, 0.3) is 5.91 Å². The molecule has 0 radical (unpaired) electrons. The zero-order valence-electron chi connectivity index (χ0n) is 21.5. The van der Waals surface area contributed by atoms with Crippen molar-refractivity contribution in [2.75, 3.05) is 33.9 Å². The minimum Gasteiger partial charge on any atom is -0.497 e. The normalized spacial score (nSPS) is 15.5. The van der Waals surface area contributed by atoms with Crippen molar-refractivity contribution in [2.45, 2.75) is 45.7 Å². The second-order valence-electron chi connectivity index (χ2n) is 9.74. The molecule has 3 amide bonds. The van der Waals surface area contributed by atoms with Crippen LogP contribution in [-0.4, -0.2) is 67.0 Å². The Bertz CT molecular complexity index is 1040. The van der Waals surface area contributed by atoms with E-state index in [0.717, 1.165) is 28.2 Å². The number of methoxy groups -OCH3 is 2. The molecule has 188 valence electrons. The number of ether oxygens (including phenoxy) is 2. The lowest BCUT2D eigenvalue weighted by Crippen LogP contribution is -2.52. The Hall–Kier alpha value is -3.39. The van der Waals surface area contributed by atoms with Gasteiger partial charge in [0.1, 0.15) is 12.3 Å². The molecule has 1 aliphatic rings. The van der Waals surface area contributed by atoms with Crippen LogP contribution in [0.1, 0.15) is 49.9 Å². The molecule has 8 heteroatoms. The number of nitrogens with zero attached hydrogens (tertiary/aromatic N) is 3. The van der Waals surface area contributed by atoms with E-state index in [2.05, 4.69) is 5.32 Å². The summed E-state index contributed by atoms with van der Waals surface area (Å²) in [4.78, 5) is 27.9. The van der Waals surface area contributed by atoms with Crippen LogP contribution in [0, 0.1) is 6.92 Å². The smallest absolute Gasteiger partial charge is 0.318 e. The SMILES string of the molecule is COCCN(CC(=O)N1N=C(c2ccc(OC)cc2)C[C@@H]1c1ccc(C)cc1)C(=O)NC(C)(C)C. The average molecular weight is 481 g/mol. The molecule has 0 unspecified atom stereocenters. The number of carbonyl (C=O) groups excluding carboxylic acids is 2. The number of aryl methyl sites for hydroxylation is 1. The van der Waals surface area contributed by atoms with Crippen molar-refractivity contribution in [1.29, 1.82) is 0 Å². The summed E-state index contributed by atoms with van der Waals surface area (Å²) in [7, 11) is 3.20. The highest BCUT2D eigenvalue weighted by molar-refractivity contribution is 6.03. The number of hydrazone groups is 1. The van der Waals surface area contributed by atoms with Crippen LogP contribution in [-0.2, 0) is 9.53 Å². The quantitative estimate of drug-likeness (QED) is 0.616. The lowest BCUT2D eigenvalue weighted by molar-refractivity contribution is -0.133. The largest absolute Gasteiger partial charge is 0.497 e. The van der Waals surface area contributed by atoms with E-state index in [-0.39, 0.29) is 24.5 Å². The number of rotatable bonds is 8. The van der Waals surface area contributed by atoms with Crippen molar-refractivity contribution >= 4 is 17.6 Å². The maximum absolute atomic E-state index is 13.6. The Kier molecular flexibility index (Phi) is 8.51. The highest BCUT2D eigenvalue weighted by Gasteiger charge is 2.34. The highest BCUT2D eigenvalue weighted by atomic mass is 16.5. The van der Waals surface area contributed by atoms with E-state index in [1.54, 1.807) is 14.2 Å². The molecule has 1 N–H and O–H groups in total. The number of hydrogen-bond donors (Lipinski definition) is 1. The number of carbonyl (C=O) groups is 2. The summed E-state index contributed by atoms with van der Waals surface area (Å²) in [6, 6.07) is 15.2. The fourth-order valence-electron chi connectivity index (χ4n) is 3.84. The van der Waals surface area contributed by atoms with Gasteiger partial charge in [-0.25, -0.2) is 9.80 Å². The summed E-state index contributed by atoms with van der Waals surface area (Å²) < 4.78 is 10.4. The first-order valence-electron chi connectivity index (χ1n) is 11.8. The van der Waals surface area contributed by atoms with Crippen molar-refractivity contribution in [3.05, 3.63) is 65.2 Å². The Labute approximate surface area is 207 Å². The first-order chi connectivity index (χ1) is 16.6. The number of hydrogen-bond acceptors (Lipinski definition) is 5. The van der Waals surface area contributed by atoms with E-state index in [0.29, 0.717) is 19.6 Å². The molecule has 0 aromatic heterocycles. The lowest BCUT2D eigenvalue weighted by Gasteiger charge is -2.30. The van der Waals surface area contributed by atoms with Crippen molar-refractivity contribution < 1.29 is 19.1 Å². The Morgan fingerprint density at radius 3 is 2.31 bits per heavy atom. The number of benzene rings is 2. The van der Waals surface area contributed by atoms with Gasteiger partial charge < -0.3 is 19.7 Å². The van der Waals surface area contributed by atoms with Crippen LogP contribution in [0.15, 0.2) is 53.6 Å². The molecule has 0 spiro atoms. The summed E-state index contributed by atoms with van der Waals surface area (Å²) in [5.41, 5.74) is 3.46. The van der Waals surface area contributed by atoms with Gasteiger partial charge in [-0.1, -0.05) is 29.8 Å². The van der Waals surface area contributed by atoms with E-state index in [4.69, 9.17) is 14.6 Å². The van der Waals surface area contributed by atoms with Gasteiger partial charge in [0, 0.05) is 25.6 Å². The van der Waals surface area contributed by atoms with E-state index in [1.165, 1.54) is 9.91 Å². The van der Waals surface area contributed by atoms with Crippen LogP contribution in [0.5, 0.6) is 5.75 Å². The maximum atomic E-state index is 13.6. The fourth-order valence-corrected chi connectivity index (χ4v) is 3.84. The molecule has 35 heavy (non-hydrogen) atoms. The first-order valence-corrected chi connectivity index (χ1v) is 11.8. The Balaban J connectivity index is 1.88. The lowest BCUT2D eigenvalue weighted by atomic mass is 9.97. The van der Waals surface area contributed by atoms with Gasteiger partial charge in [0.15, 0.2) is 0 Å². The van der Waals surface area contributed by atoms with Crippen molar-refractivity contribution in [3.8, 4) is 5.75 Å². The number of amides is 3. The summed E-state index contributed by atoms with van der Waals surface area (Å²) in [6.45, 7) is 8.26. The number of urea groups is 1. The summed E-state index contributed by atoms with van der Waals surface area (Å²) >= 11 is 0. The molecule has 1 aliphatic heterocycles. The third-order valence-electron chi connectivity index (χ3n) is 5.71. The molecule has 0 bridgehead atoms. The van der Waals surface area contributed by atoms with Gasteiger partial charge in [-0.2, -0.15) is 5.10 Å². The molecular weight excluding hydrogens is 444 g/mol. The van der Waals surface area contributed by atoms with Gasteiger partial charge in [-0.15, -0.1) is 0 Å². The standard InChI is InChI=1S/C27H36N4O4/c1-19-7-9-21(10-8-19)24-17-23(20-11-13-22(35-6)14-12-20)29-31(24)25(32)18-30(15-16-34-5)26(33)28-27(2,3)4/h7-14,24H,15-18H2,1-6H3,(H,28,33)/t24-/m1/s1. The average Bonchev–Trinajstić information content (AvgIpc) is 3.26. The predicted octanol–water partition coefficient (Wildman–Crippen LogP) is 4.14. The molecule has 3 rings (SSSR count). The molecule has 0 aliphatic carbocycles. The molecule has 0 fully saturated rings. The predicted molar refractivity (Wildman–Crippen MR) is 137 cm³/mol. The highest BCUT2D eigenvalue weighted by Crippen LogP contribution is 2.33. The zero-order valence-corrected chi connectivity index (χ0v) is 21.5. The van der Waals surface area contributed by atoms with Gasteiger partial charge in [-0.3, -0.25) is 4.79 Å². The first kappa shape index (κ1) is 26.2. The third-order valence-corrected chi connectivity index (χ3v) is 5.71. The third kappa shape index (κ3) is 7.05. The van der Waals surface area contributed by atoms with Crippen molar-refractivity contribution in [2.24, 2.45) is 5.10 Å². The summed E-state index contributed by atoms with van der Waals surface area (Å²) in [5.74, 6) is 0.508. The molecule has 2 aromatic rings. The van der Waals surface area contributed by atoms with Crippen molar-refractivity contribution in [3.63, 3.8) is 0 Å². The van der Waals surface area contributed by atoms with E-state index >= 15 is 0 Å². The second kappa shape index (κ2) is 11.4. The van der Waals surface area contributed by atoms with E-state index in [9.17, 15) is 9.59 Å². The molecule has 0 saturated carbocycles. The van der Waals surface area contributed by atoms with Gasteiger partial charge in [0.2, 0.25) is 0 Å². The minimum atomic E-state index is -0.427. The minimum absolute atomic E-state index is 0.104. The molecule has 8 nitrogen and oxygen atoms in total. The molecule has 2 aromatic carbocycles. The van der Waals surface area contributed by atoms with Crippen LogP contribution >= 0.6 is 0 Å². The van der Waals surface area contributed by atoms with E-state index in [1.807, 2.05) is 76.2 Å². The molecular formula is C27H36N4O4. The monoisotopic (exact) mass is 480 g/mol. The summed E-state index contributed by atoms with van der Waals surface area (Å²) in [6.07, 6.45) is 0.577. The van der Waals surface area contributed by atoms with Gasteiger partial charge in [0.05, 0.1) is 25.5 Å². The maximum Gasteiger partial charge on any atom is 0.318 e. The van der Waals surface area contributed by atoms with Crippen LogP contribution in [0.4, 0.5) is 4.79 Å². The summed E-state index contributed by atoms with van der Waals surface area (Å²) in [5, 5.41) is 9.19. The fraction of sp³-hybridized carbons (Fsp3) is 0.444. The van der Waals surface area contributed by atoms with Gasteiger partial charge in [-0.05, 0) is 63.1 Å². The zero-order chi connectivity index (χ0) is 25.6. The molecule has 1 atom stereocenters. The van der Waals surface area contributed by atoms with Crippen LogP contribution < -0.4 is 10.1 Å². The van der Waals surface area contributed by atoms with Crippen molar-refractivity contribution in [1.82, 2.24) is 15.2 Å². The second-order valence-corrected chi connectivity index (χ2v) is 9.74. The molecule has 1 heterocycles. The Morgan fingerprint density at radius 1 is 1.09 bits per heavy atom. The van der Waals surface area contributed by atoms with E-state index < -0.39 is 5.54 Å². The molecule has 0 saturated heterocycles. The van der Waals surface area contributed by atoms with Crippen LogP contribution in [0.2, 0.25) is 0 Å². The van der Waals surface area contributed by atoms with Gasteiger partial charge >= 0.3 is 6.03 Å². The Morgan fingerprint density at radius 2 is 1.74 bits per heavy atom. The topological polar surface area (TPSA) is 83.5 Å². The van der Waals surface area contributed by atoms with Crippen LogP contribution in [0.25, 0.3) is 0 Å². The van der Waals surface area contributed by atoms with Crippen LogP contribution in [0.3, 0.4) is 0 Å².